The minimum atomic E-state index is 0.0687. The summed E-state index contributed by atoms with van der Waals surface area (Å²) in [4.78, 5) is 0. The first-order valence-corrected chi connectivity index (χ1v) is 16.7. The molecule has 0 saturated heterocycles. The molecule has 2 unspecified atom stereocenters. The third-order valence-electron chi connectivity index (χ3n) is 10.6. The maximum Gasteiger partial charge on any atom is 0.0758 e. The van der Waals surface area contributed by atoms with Gasteiger partial charge >= 0.3 is 0 Å². The second-order valence-corrected chi connectivity index (χ2v) is 13.1. The highest BCUT2D eigenvalue weighted by molar-refractivity contribution is 6.31. The van der Waals surface area contributed by atoms with Crippen LogP contribution in [0.4, 0.5) is 11.4 Å². The lowest BCUT2D eigenvalue weighted by Gasteiger charge is -2.37. The van der Waals surface area contributed by atoms with Crippen LogP contribution in [0.5, 0.6) is 0 Å². The molecular formula is C44H30N4. The number of hydrogen-bond donors (Lipinski definition) is 2. The van der Waals surface area contributed by atoms with Crippen molar-refractivity contribution in [1.82, 2.24) is 8.97 Å². The summed E-state index contributed by atoms with van der Waals surface area (Å²) < 4.78 is 4.95. The summed E-state index contributed by atoms with van der Waals surface area (Å²) in [5.41, 5.74) is 12.1. The van der Waals surface area contributed by atoms with Crippen LogP contribution in [0.2, 0.25) is 0 Å². The number of nitrogens with one attached hydrogen (secondary N) is 2. The largest absolute Gasteiger partial charge is 0.374 e. The molecule has 1 aliphatic rings. The average molecular weight is 615 g/mol. The predicted octanol–water partition coefficient (Wildman–Crippen LogP) is 11.3. The van der Waals surface area contributed by atoms with E-state index in [1.54, 1.807) is 0 Å². The normalized spacial score (nSPS) is 16.2. The fourth-order valence-electron chi connectivity index (χ4n) is 8.54. The molecule has 226 valence electrons. The van der Waals surface area contributed by atoms with Crippen LogP contribution in [0.25, 0.3) is 65.6 Å². The van der Waals surface area contributed by atoms with Gasteiger partial charge in [-0.15, -0.1) is 0 Å². The molecule has 1 aliphatic heterocycles. The molecule has 0 bridgehead atoms. The van der Waals surface area contributed by atoms with Crippen molar-refractivity contribution in [2.75, 3.05) is 10.6 Å². The van der Waals surface area contributed by atoms with Gasteiger partial charge in [-0.2, -0.15) is 0 Å². The number of benzene rings is 7. The highest BCUT2D eigenvalue weighted by atomic mass is 15.1. The molecule has 7 aromatic carbocycles. The van der Waals surface area contributed by atoms with Gasteiger partial charge in [-0.25, -0.2) is 0 Å². The number of hydrogen-bond acceptors (Lipinski definition) is 2. The molecule has 0 amide bonds. The quantitative estimate of drug-likeness (QED) is 0.208. The minimum Gasteiger partial charge on any atom is -0.374 e. The van der Waals surface area contributed by atoms with Gasteiger partial charge in [0.1, 0.15) is 0 Å². The Morgan fingerprint density at radius 2 is 0.896 bits per heavy atom. The molecule has 4 heteroatoms. The Bertz CT molecular complexity index is 2840. The van der Waals surface area contributed by atoms with Crippen LogP contribution < -0.4 is 10.6 Å². The van der Waals surface area contributed by atoms with Gasteiger partial charge in [0.2, 0.25) is 0 Å². The highest BCUT2D eigenvalue weighted by Crippen LogP contribution is 2.45. The lowest BCUT2D eigenvalue weighted by Crippen LogP contribution is -2.30. The van der Waals surface area contributed by atoms with Crippen molar-refractivity contribution >= 4 is 71.3 Å². The van der Waals surface area contributed by atoms with Crippen molar-refractivity contribution in [3.8, 4) is 5.69 Å². The number of para-hydroxylation sites is 4. The lowest BCUT2D eigenvalue weighted by molar-refractivity contribution is 0.636. The number of nitrogens with zero attached hydrogens (tertiary/aromatic N) is 2. The Balaban J connectivity index is 1.14. The van der Waals surface area contributed by atoms with E-state index in [9.17, 15) is 0 Å². The monoisotopic (exact) mass is 614 g/mol. The van der Waals surface area contributed by atoms with Crippen molar-refractivity contribution in [3.63, 3.8) is 0 Å². The van der Waals surface area contributed by atoms with Gasteiger partial charge in [-0.1, -0.05) is 109 Å². The highest BCUT2D eigenvalue weighted by Gasteiger charge is 2.30. The standard InChI is InChI=1S/C44H30N4/c1-2-11-27(12-3-1)42-43(46-35-18-6-5-17-34(35)45-42)28-23-25-29(26-24-28)47-37-20-9-14-31-33-16-8-15-32-30-13-4-7-19-36(30)48(44(32)33)39-22-10-21-38(47)41(39)40(31)37/h1-26,42-43,45-46H. The molecule has 0 aliphatic carbocycles. The minimum absolute atomic E-state index is 0.0687. The van der Waals surface area contributed by atoms with Gasteiger partial charge in [-0.05, 0) is 65.0 Å². The Kier molecular flexibility index (Phi) is 5.19. The number of aromatic nitrogens is 2. The molecule has 4 nitrogen and oxygen atoms in total. The van der Waals surface area contributed by atoms with Crippen molar-refractivity contribution in [3.05, 3.63) is 169 Å². The molecule has 48 heavy (non-hydrogen) atoms. The first-order chi connectivity index (χ1) is 23.8. The third-order valence-corrected chi connectivity index (χ3v) is 10.6. The maximum absolute atomic E-state index is 3.86. The summed E-state index contributed by atoms with van der Waals surface area (Å²) in [5, 5.41) is 15.5. The SMILES string of the molecule is c1ccc(C2Nc3ccccc3NC2c2ccc(-n3c4cccc5c6cccc7c8ccccc8n(c8cccc3c8c54)c67)cc2)cc1. The van der Waals surface area contributed by atoms with Crippen LogP contribution in [0.1, 0.15) is 23.2 Å². The fourth-order valence-corrected chi connectivity index (χ4v) is 8.54. The van der Waals surface area contributed by atoms with Crippen molar-refractivity contribution in [1.29, 1.82) is 0 Å². The lowest BCUT2D eigenvalue weighted by atomic mass is 9.90. The average Bonchev–Trinajstić information content (AvgIpc) is 3.64. The third kappa shape index (κ3) is 3.44. The van der Waals surface area contributed by atoms with E-state index in [2.05, 4.69) is 177 Å². The number of fused-ring (bicyclic) bond motifs is 6. The van der Waals surface area contributed by atoms with Crippen molar-refractivity contribution in [2.24, 2.45) is 0 Å². The molecule has 3 aromatic heterocycles. The molecular weight excluding hydrogens is 585 g/mol. The molecule has 11 rings (SSSR count). The Morgan fingerprint density at radius 3 is 1.67 bits per heavy atom. The number of rotatable bonds is 3. The smallest absolute Gasteiger partial charge is 0.0758 e. The Hall–Kier alpha value is -6.26. The summed E-state index contributed by atoms with van der Waals surface area (Å²) in [7, 11) is 0. The van der Waals surface area contributed by atoms with E-state index < -0.39 is 0 Å². The van der Waals surface area contributed by atoms with E-state index in [1.807, 2.05) is 0 Å². The van der Waals surface area contributed by atoms with Crippen LogP contribution in [0.3, 0.4) is 0 Å². The Morgan fingerprint density at radius 1 is 0.375 bits per heavy atom. The van der Waals surface area contributed by atoms with Gasteiger partial charge in [0.05, 0.1) is 51.0 Å². The molecule has 0 spiro atoms. The second kappa shape index (κ2) is 9.63. The first kappa shape index (κ1) is 25.9. The van der Waals surface area contributed by atoms with E-state index in [0.29, 0.717) is 0 Å². The van der Waals surface area contributed by atoms with Crippen LogP contribution in [0.15, 0.2) is 158 Å². The van der Waals surface area contributed by atoms with Crippen LogP contribution >= 0.6 is 0 Å². The predicted molar refractivity (Wildman–Crippen MR) is 201 cm³/mol. The zero-order chi connectivity index (χ0) is 31.3. The summed E-state index contributed by atoms with van der Waals surface area (Å²) in [6, 6.07) is 57.8. The van der Waals surface area contributed by atoms with E-state index in [4.69, 9.17) is 0 Å². The van der Waals surface area contributed by atoms with E-state index in [-0.39, 0.29) is 12.1 Å². The molecule has 10 aromatic rings. The summed E-state index contributed by atoms with van der Waals surface area (Å²) in [6.07, 6.45) is 0. The Labute approximate surface area is 276 Å². The van der Waals surface area contributed by atoms with E-state index in [1.165, 1.54) is 71.0 Å². The fraction of sp³-hybridized carbons (Fsp3) is 0.0455. The molecule has 0 radical (unpaired) electrons. The van der Waals surface area contributed by atoms with Gasteiger partial charge in [-0.3, -0.25) is 0 Å². The van der Waals surface area contributed by atoms with E-state index in [0.717, 1.165) is 17.1 Å². The first-order valence-electron chi connectivity index (χ1n) is 16.7. The molecule has 2 atom stereocenters. The van der Waals surface area contributed by atoms with E-state index >= 15 is 0 Å². The zero-order valence-corrected chi connectivity index (χ0v) is 26.1. The molecule has 0 fully saturated rings. The molecule has 4 heterocycles. The topological polar surface area (TPSA) is 33.4 Å². The molecule has 2 N–H and O–H groups in total. The van der Waals surface area contributed by atoms with Gasteiger partial charge in [0.25, 0.3) is 0 Å². The van der Waals surface area contributed by atoms with Gasteiger partial charge in [0, 0.05) is 32.6 Å². The molecule has 0 saturated carbocycles. The maximum atomic E-state index is 3.86. The summed E-state index contributed by atoms with van der Waals surface area (Å²) in [5.74, 6) is 0. The van der Waals surface area contributed by atoms with Crippen LogP contribution in [-0.2, 0) is 0 Å². The number of anilines is 2. The van der Waals surface area contributed by atoms with Crippen molar-refractivity contribution in [2.45, 2.75) is 12.1 Å². The van der Waals surface area contributed by atoms with Gasteiger partial charge in [0.15, 0.2) is 0 Å². The van der Waals surface area contributed by atoms with Crippen LogP contribution in [-0.4, -0.2) is 8.97 Å². The summed E-state index contributed by atoms with van der Waals surface area (Å²) >= 11 is 0. The van der Waals surface area contributed by atoms with Crippen molar-refractivity contribution < 1.29 is 0 Å². The summed E-state index contributed by atoms with van der Waals surface area (Å²) in [6.45, 7) is 0. The second-order valence-electron chi connectivity index (χ2n) is 13.1. The van der Waals surface area contributed by atoms with Crippen LogP contribution in [0, 0.1) is 0 Å². The zero-order valence-electron chi connectivity index (χ0n) is 26.1. The van der Waals surface area contributed by atoms with Gasteiger partial charge < -0.3 is 19.6 Å².